The second kappa shape index (κ2) is 8.00. The molecule has 0 radical (unpaired) electrons. The highest BCUT2D eigenvalue weighted by Gasteiger charge is 2.14. The van der Waals surface area contributed by atoms with E-state index in [1.807, 2.05) is 27.7 Å². The molecule has 0 spiro atoms. The minimum atomic E-state index is -0.0392. The molecule has 0 aliphatic rings. The second-order valence-corrected chi connectivity index (χ2v) is 5.20. The summed E-state index contributed by atoms with van der Waals surface area (Å²) in [6.07, 6.45) is 0.467. The SMILES string of the molecule is CCOc1cc(NC(=O)CC(C)C)cc(Cl)c1OCC. The fourth-order valence-electron chi connectivity index (χ4n) is 1.77. The normalized spacial score (nSPS) is 10.5. The van der Waals surface area contributed by atoms with Crippen LogP contribution in [0.25, 0.3) is 0 Å². The Balaban J connectivity index is 2.95. The number of carbonyl (C=O) groups excluding carboxylic acids is 1. The zero-order valence-corrected chi connectivity index (χ0v) is 13.2. The van der Waals surface area contributed by atoms with Crippen molar-refractivity contribution in [2.75, 3.05) is 18.5 Å². The Labute approximate surface area is 125 Å². The number of nitrogens with one attached hydrogen (secondary N) is 1. The number of ether oxygens (including phenoxy) is 2. The van der Waals surface area contributed by atoms with Crippen molar-refractivity contribution >= 4 is 23.2 Å². The molecule has 5 heteroatoms. The standard InChI is InChI=1S/C15H22ClNO3/c1-5-19-13-9-11(17-14(18)7-10(3)4)8-12(16)15(13)20-6-2/h8-10H,5-7H2,1-4H3,(H,17,18). The Bertz CT molecular complexity index is 461. The van der Waals surface area contributed by atoms with Gasteiger partial charge < -0.3 is 14.8 Å². The molecule has 1 N–H and O–H groups in total. The summed E-state index contributed by atoms with van der Waals surface area (Å²) in [6, 6.07) is 3.41. The fraction of sp³-hybridized carbons (Fsp3) is 0.533. The molecule has 0 heterocycles. The van der Waals surface area contributed by atoms with Crippen LogP contribution in [0, 0.1) is 5.92 Å². The first kappa shape index (κ1) is 16.6. The molecule has 112 valence electrons. The van der Waals surface area contributed by atoms with E-state index in [1.165, 1.54) is 0 Å². The zero-order chi connectivity index (χ0) is 15.1. The van der Waals surface area contributed by atoms with E-state index >= 15 is 0 Å². The molecule has 20 heavy (non-hydrogen) atoms. The van der Waals surface area contributed by atoms with Gasteiger partial charge in [-0.2, -0.15) is 0 Å². The summed E-state index contributed by atoms with van der Waals surface area (Å²) in [7, 11) is 0. The van der Waals surface area contributed by atoms with Crippen molar-refractivity contribution in [1.82, 2.24) is 0 Å². The topological polar surface area (TPSA) is 47.6 Å². The summed E-state index contributed by atoms with van der Waals surface area (Å²) in [5, 5.41) is 3.25. The lowest BCUT2D eigenvalue weighted by atomic mass is 10.1. The highest BCUT2D eigenvalue weighted by atomic mass is 35.5. The first-order valence-corrected chi connectivity index (χ1v) is 7.24. The summed E-state index contributed by atoms with van der Waals surface area (Å²) < 4.78 is 11.0. The molecule has 0 fully saturated rings. The fourth-order valence-corrected chi connectivity index (χ4v) is 2.04. The van der Waals surface area contributed by atoms with Crippen LogP contribution in [0.2, 0.25) is 5.02 Å². The second-order valence-electron chi connectivity index (χ2n) is 4.80. The van der Waals surface area contributed by atoms with Gasteiger partial charge in [0, 0.05) is 18.2 Å². The molecule has 0 unspecified atom stereocenters. The maximum absolute atomic E-state index is 11.8. The van der Waals surface area contributed by atoms with Crippen LogP contribution in [0.1, 0.15) is 34.1 Å². The van der Waals surface area contributed by atoms with Crippen LogP contribution >= 0.6 is 11.6 Å². The molecule has 1 rings (SSSR count). The number of amides is 1. The summed E-state index contributed by atoms with van der Waals surface area (Å²) in [6.45, 7) is 8.75. The van der Waals surface area contributed by atoms with Gasteiger partial charge in [0.05, 0.1) is 18.2 Å². The van der Waals surface area contributed by atoms with Crippen molar-refractivity contribution in [2.45, 2.75) is 34.1 Å². The molecule has 0 saturated carbocycles. The van der Waals surface area contributed by atoms with Crippen LogP contribution in [-0.2, 0) is 4.79 Å². The average molecular weight is 300 g/mol. The molecule has 0 aliphatic carbocycles. The van der Waals surface area contributed by atoms with E-state index in [4.69, 9.17) is 21.1 Å². The molecule has 0 aromatic heterocycles. The van der Waals surface area contributed by atoms with E-state index in [-0.39, 0.29) is 5.91 Å². The van der Waals surface area contributed by atoms with Crippen LogP contribution in [0.5, 0.6) is 11.5 Å². The summed E-state index contributed by atoms with van der Waals surface area (Å²) in [5.41, 5.74) is 0.618. The van der Waals surface area contributed by atoms with Crippen molar-refractivity contribution in [1.29, 1.82) is 0 Å². The Morgan fingerprint density at radius 2 is 1.90 bits per heavy atom. The summed E-state index contributed by atoms with van der Waals surface area (Å²) in [5.74, 6) is 1.32. The third-order valence-electron chi connectivity index (χ3n) is 2.48. The van der Waals surface area contributed by atoms with Gasteiger partial charge in [0.1, 0.15) is 0 Å². The molecule has 0 saturated heterocycles. The number of halogens is 1. The molecular formula is C15H22ClNO3. The number of carbonyl (C=O) groups is 1. The Morgan fingerprint density at radius 1 is 1.25 bits per heavy atom. The maximum atomic E-state index is 11.8. The van der Waals surface area contributed by atoms with Gasteiger partial charge >= 0.3 is 0 Å². The summed E-state index contributed by atoms with van der Waals surface area (Å²) >= 11 is 6.18. The molecule has 4 nitrogen and oxygen atoms in total. The predicted molar refractivity (Wildman–Crippen MR) is 81.9 cm³/mol. The number of hydrogen-bond acceptors (Lipinski definition) is 3. The van der Waals surface area contributed by atoms with Crippen LogP contribution < -0.4 is 14.8 Å². The largest absolute Gasteiger partial charge is 0.490 e. The highest BCUT2D eigenvalue weighted by molar-refractivity contribution is 6.32. The monoisotopic (exact) mass is 299 g/mol. The molecule has 0 atom stereocenters. The minimum absolute atomic E-state index is 0.0392. The van der Waals surface area contributed by atoms with E-state index in [1.54, 1.807) is 12.1 Å². The lowest BCUT2D eigenvalue weighted by Gasteiger charge is -2.15. The first-order chi connectivity index (χ1) is 9.47. The molecule has 1 aromatic carbocycles. The Kier molecular flexibility index (Phi) is 6.65. The lowest BCUT2D eigenvalue weighted by molar-refractivity contribution is -0.116. The first-order valence-electron chi connectivity index (χ1n) is 6.86. The van der Waals surface area contributed by atoms with E-state index in [0.29, 0.717) is 47.8 Å². The molecular weight excluding hydrogens is 278 g/mol. The third-order valence-corrected chi connectivity index (χ3v) is 2.76. The number of rotatable bonds is 7. The molecule has 1 amide bonds. The average Bonchev–Trinajstić information content (AvgIpc) is 2.32. The maximum Gasteiger partial charge on any atom is 0.224 e. The third kappa shape index (κ3) is 4.93. The molecule has 0 aliphatic heterocycles. The number of benzene rings is 1. The zero-order valence-electron chi connectivity index (χ0n) is 12.5. The van der Waals surface area contributed by atoms with Gasteiger partial charge in [-0.05, 0) is 25.8 Å². The summed E-state index contributed by atoms with van der Waals surface area (Å²) in [4.78, 5) is 11.8. The molecule has 0 bridgehead atoms. The van der Waals surface area contributed by atoms with Crippen LogP contribution in [-0.4, -0.2) is 19.1 Å². The van der Waals surface area contributed by atoms with Crippen LogP contribution in [0.15, 0.2) is 12.1 Å². The van der Waals surface area contributed by atoms with E-state index < -0.39 is 0 Å². The van der Waals surface area contributed by atoms with Gasteiger partial charge in [-0.25, -0.2) is 0 Å². The van der Waals surface area contributed by atoms with Crippen molar-refractivity contribution in [2.24, 2.45) is 5.92 Å². The highest BCUT2D eigenvalue weighted by Crippen LogP contribution is 2.38. The Hall–Kier alpha value is -1.42. The van der Waals surface area contributed by atoms with Gasteiger partial charge in [0.15, 0.2) is 11.5 Å². The van der Waals surface area contributed by atoms with E-state index in [0.717, 1.165) is 0 Å². The van der Waals surface area contributed by atoms with Gasteiger partial charge in [-0.1, -0.05) is 25.4 Å². The number of anilines is 1. The Morgan fingerprint density at radius 3 is 2.45 bits per heavy atom. The lowest BCUT2D eigenvalue weighted by Crippen LogP contribution is -2.14. The minimum Gasteiger partial charge on any atom is -0.490 e. The number of hydrogen-bond donors (Lipinski definition) is 1. The predicted octanol–water partition coefficient (Wildman–Crippen LogP) is 4.12. The quantitative estimate of drug-likeness (QED) is 0.824. The van der Waals surface area contributed by atoms with Crippen molar-refractivity contribution in [3.63, 3.8) is 0 Å². The molecule has 1 aromatic rings. The van der Waals surface area contributed by atoms with Crippen molar-refractivity contribution < 1.29 is 14.3 Å². The van der Waals surface area contributed by atoms with Crippen LogP contribution in [0.4, 0.5) is 5.69 Å². The van der Waals surface area contributed by atoms with Crippen LogP contribution in [0.3, 0.4) is 0 Å². The van der Waals surface area contributed by atoms with Gasteiger partial charge in [0.25, 0.3) is 0 Å². The van der Waals surface area contributed by atoms with Crippen molar-refractivity contribution in [3.8, 4) is 11.5 Å². The smallest absolute Gasteiger partial charge is 0.224 e. The van der Waals surface area contributed by atoms with E-state index in [2.05, 4.69) is 5.32 Å². The van der Waals surface area contributed by atoms with Gasteiger partial charge in [-0.3, -0.25) is 4.79 Å². The van der Waals surface area contributed by atoms with E-state index in [9.17, 15) is 4.79 Å². The van der Waals surface area contributed by atoms with Gasteiger partial charge in [0.2, 0.25) is 5.91 Å². The van der Waals surface area contributed by atoms with Gasteiger partial charge in [-0.15, -0.1) is 0 Å². The van der Waals surface area contributed by atoms with Crippen molar-refractivity contribution in [3.05, 3.63) is 17.2 Å².